The molecule has 0 fully saturated rings. The number of halogens is 2. The van der Waals surface area contributed by atoms with Crippen LogP contribution in [0.1, 0.15) is 11.1 Å². The first kappa shape index (κ1) is 12.5. The Hall–Kier alpha value is -1.94. The number of hydrogen-bond acceptors (Lipinski definition) is 2. The molecule has 0 aliphatic carbocycles. The highest BCUT2D eigenvalue weighted by Gasteiger charge is 2.03. The highest BCUT2D eigenvalue weighted by atomic mass is 19.2. The van der Waals surface area contributed by atoms with Gasteiger partial charge in [0, 0.05) is 12.6 Å². The Morgan fingerprint density at radius 2 is 1.56 bits per heavy atom. The maximum absolute atomic E-state index is 12.9. The second kappa shape index (κ2) is 5.60. The molecule has 0 aliphatic heterocycles. The van der Waals surface area contributed by atoms with Crippen LogP contribution in [0.2, 0.25) is 0 Å². The fraction of sp³-hybridized carbons (Fsp3) is 0.143. The van der Waals surface area contributed by atoms with Crippen molar-refractivity contribution >= 4 is 0 Å². The minimum absolute atomic E-state index is 0.302. The summed E-state index contributed by atoms with van der Waals surface area (Å²) in [6.45, 7) is 0.792. The summed E-state index contributed by atoms with van der Waals surface area (Å²) in [6, 6.07) is 11.1. The van der Waals surface area contributed by atoms with Crippen LogP contribution < -0.4 is 10.5 Å². The van der Waals surface area contributed by atoms with Crippen LogP contribution in [0.3, 0.4) is 0 Å². The molecule has 0 aromatic heterocycles. The molecule has 2 aromatic rings. The fourth-order valence-corrected chi connectivity index (χ4v) is 1.50. The van der Waals surface area contributed by atoms with Crippen LogP contribution >= 0.6 is 0 Å². The monoisotopic (exact) mass is 249 g/mol. The second-order valence-electron chi connectivity index (χ2n) is 3.89. The van der Waals surface area contributed by atoms with Crippen LogP contribution in [0.4, 0.5) is 8.78 Å². The van der Waals surface area contributed by atoms with Crippen molar-refractivity contribution in [1.29, 1.82) is 0 Å². The van der Waals surface area contributed by atoms with Crippen LogP contribution in [0, 0.1) is 11.6 Å². The van der Waals surface area contributed by atoms with Crippen LogP contribution in [0.5, 0.6) is 5.75 Å². The summed E-state index contributed by atoms with van der Waals surface area (Å²) in [5, 5.41) is 0. The van der Waals surface area contributed by atoms with Crippen molar-refractivity contribution < 1.29 is 13.5 Å². The molecule has 0 saturated heterocycles. The molecule has 0 aliphatic rings. The molecule has 4 heteroatoms. The third-order valence-corrected chi connectivity index (χ3v) is 2.56. The van der Waals surface area contributed by atoms with Gasteiger partial charge in [-0.3, -0.25) is 0 Å². The van der Waals surface area contributed by atoms with Gasteiger partial charge in [-0.05, 0) is 23.3 Å². The first-order valence-electron chi connectivity index (χ1n) is 5.55. The highest BCUT2D eigenvalue weighted by Crippen LogP contribution is 2.17. The van der Waals surface area contributed by atoms with Crippen molar-refractivity contribution in [3.05, 3.63) is 65.2 Å². The Morgan fingerprint density at radius 3 is 2.17 bits per heavy atom. The van der Waals surface area contributed by atoms with E-state index in [9.17, 15) is 8.78 Å². The van der Waals surface area contributed by atoms with E-state index in [4.69, 9.17) is 10.5 Å². The van der Waals surface area contributed by atoms with E-state index < -0.39 is 11.6 Å². The summed E-state index contributed by atoms with van der Waals surface area (Å²) in [5.74, 6) is -1.49. The van der Waals surface area contributed by atoms with Crippen molar-refractivity contribution in [2.45, 2.75) is 13.2 Å². The molecule has 2 nitrogen and oxygen atoms in total. The Labute approximate surface area is 104 Å². The number of ether oxygens (including phenoxy) is 1. The molecule has 0 amide bonds. The van der Waals surface area contributed by atoms with Crippen LogP contribution in [-0.2, 0) is 13.2 Å². The molecule has 18 heavy (non-hydrogen) atoms. The SMILES string of the molecule is NCc1ccc(COc2ccc(F)c(F)c2)cc1. The molecule has 0 atom stereocenters. The molecule has 0 unspecified atom stereocenters. The summed E-state index contributed by atoms with van der Waals surface area (Å²) in [4.78, 5) is 0. The number of nitrogens with two attached hydrogens (primary N) is 1. The lowest BCUT2D eigenvalue weighted by Gasteiger charge is -2.07. The average molecular weight is 249 g/mol. The quantitative estimate of drug-likeness (QED) is 0.904. The van der Waals surface area contributed by atoms with Crippen LogP contribution in [0.25, 0.3) is 0 Å². The Bertz CT molecular complexity index is 526. The lowest BCUT2D eigenvalue weighted by atomic mass is 10.1. The largest absolute Gasteiger partial charge is 0.489 e. The molecule has 0 radical (unpaired) electrons. The summed E-state index contributed by atoms with van der Waals surface area (Å²) in [7, 11) is 0. The van der Waals surface area contributed by atoms with Gasteiger partial charge in [-0.2, -0.15) is 0 Å². The van der Waals surface area contributed by atoms with E-state index in [1.54, 1.807) is 0 Å². The molecule has 0 heterocycles. The zero-order valence-electron chi connectivity index (χ0n) is 9.70. The molecule has 0 saturated carbocycles. The Morgan fingerprint density at radius 1 is 0.889 bits per heavy atom. The molecule has 2 N–H and O–H groups in total. The van der Waals surface area contributed by atoms with Gasteiger partial charge in [0.25, 0.3) is 0 Å². The molecular weight excluding hydrogens is 236 g/mol. The van der Waals surface area contributed by atoms with Crippen molar-refractivity contribution in [1.82, 2.24) is 0 Å². The van der Waals surface area contributed by atoms with Crippen molar-refractivity contribution in [2.75, 3.05) is 0 Å². The molecule has 94 valence electrons. The van der Waals surface area contributed by atoms with Crippen LogP contribution in [0.15, 0.2) is 42.5 Å². The molecule has 2 aromatic carbocycles. The van der Waals surface area contributed by atoms with Gasteiger partial charge in [-0.1, -0.05) is 24.3 Å². The third kappa shape index (κ3) is 3.05. The molecule has 0 spiro atoms. The van der Waals surface area contributed by atoms with Gasteiger partial charge >= 0.3 is 0 Å². The van der Waals surface area contributed by atoms with Gasteiger partial charge in [0.2, 0.25) is 0 Å². The smallest absolute Gasteiger partial charge is 0.162 e. The normalized spacial score (nSPS) is 10.4. The van der Waals surface area contributed by atoms with E-state index >= 15 is 0 Å². The van der Waals surface area contributed by atoms with E-state index in [2.05, 4.69) is 0 Å². The van der Waals surface area contributed by atoms with E-state index in [1.165, 1.54) is 6.07 Å². The molecular formula is C14H13F2NO. The van der Waals surface area contributed by atoms with Crippen molar-refractivity contribution in [3.8, 4) is 5.75 Å². The Kier molecular flexibility index (Phi) is 3.89. The summed E-state index contributed by atoms with van der Waals surface area (Å²) in [5.41, 5.74) is 7.46. The third-order valence-electron chi connectivity index (χ3n) is 2.56. The second-order valence-corrected chi connectivity index (χ2v) is 3.89. The minimum atomic E-state index is -0.911. The van der Waals surface area contributed by atoms with Gasteiger partial charge in [0.1, 0.15) is 12.4 Å². The maximum atomic E-state index is 12.9. The van der Waals surface area contributed by atoms with E-state index in [0.717, 1.165) is 23.3 Å². The van der Waals surface area contributed by atoms with Gasteiger partial charge < -0.3 is 10.5 Å². The first-order chi connectivity index (χ1) is 8.69. The average Bonchev–Trinajstić information content (AvgIpc) is 2.41. The zero-order chi connectivity index (χ0) is 13.0. The van der Waals surface area contributed by atoms with Crippen LogP contribution in [-0.4, -0.2) is 0 Å². The highest BCUT2D eigenvalue weighted by molar-refractivity contribution is 5.25. The Balaban J connectivity index is 1.99. The van der Waals surface area contributed by atoms with Gasteiger partial charge in [-0.15, -0.1) is 0 Å². The van der Waals surface area contributed by atoms with Crippen molar-refractivity contribution in [2.24, 2.45) is 5.73 Å². The minimum Gasteiger partial charge on any atom is -0.489 e. The predicted molar refractivity (Wildman–Crippen MR) is 65.0 cm³/mol. The first-order valence-corrected chi connectivity index (χ1v) is 5.55. The molecule has 0 bridgehead atoms. The van der Waals surface area contributed by atoms with E-state index in [-0.39, 0.29) is 0 Å². The van der Waals surface area contributed by atoms with E-state index in [1.807, 2.05) is 24.3 Å². The number of rotatable bonds is 4. The summed E-state index contributed by atoms with van der Waals surface area (Å²) < 4.78 is 31.0. The summed E-state index contributed by atoms with van der Waals surface area (Å²) in [6.07, 6.45) is 0. The standard InChI is InChI=1S/C14H13F2NO/c15-13-6-5-12(7-14(13)16)18-9-11-3-1-10(8-17)2-4-11/h1-7H,8-9,17H2. The lowest BCUT2D eigenvalue weighted by Crippen LogP contribution is -1.99. The van der Waals surface area contributed by atoms with Gasteiger partial charge in [0.05, 0.1) is 0 Å². The van der Waals surface area contributed by atoms with Gasteiger partial charge in [0.15, 0.2) is 11.6 Å². The number of hydrogen-bond donors (Lipinski definition) is 1. The topological polar surface area (TPSA) is 35.2 Å². The number of benzene rings is 2. The van der Waals surface area contributed by atoms with Gasteiger partial charge in [-0.25, -0.2) is 8.78 Å². The lowest BCUT2D eigenvalue weighted by molar-refractivity contribution is 0.303. The van der Waals surface area contributed by atoms with E-state index in [0.29, 0.717) is 18.9 Å². The summed E-state index contributed by atoms with van der Waals surface area (Å²) >= 11 is 0. The maximum Gasteiger partial charge on any atom is 0.162 e. The molecule has 2 rings (SSSR count). The fourth-order valence-electron chi connectivity index (χ4n) is 1.50. The predicted octanol–water partition coefficient (Wildman–Crippen LogP) is 3.00. The van der Waals surface area contributed by atoms with Crippen molar-refractivity contribution in [3.63, 3.8) is 0 Å². The zero-order valence-corrected chi connectivity index (χ0v) is 9.70.